The monoisotopic (exact) mass is 342 g/mol. The number of anilines is 1. The molecular formula is C19H23FN4O. The molecule has 1 aliphatic heterocycles. The van der Waals surface area contributed by atoms with E-state index >= 15 is 0 Å². The Labute approximate surface area is 147 Å². The van der Waals surface area contributed by atoms with Crippen LogP contribution in [0.4, 0.5) is 10.2 Å². The third-order valence-electron chi connectivity index (χ3n) is 5.06. The number of ether oxygens (including phenoxy) is 1. The quantitative estimate of drug-likeness (QED) is 0.851. The topological polar surface area (TPSA) is 41.5 Å². The molecule has 25 heavy (non-hydrogen) atoms. The zero-order valence-corrected chi connectivity index (χ0v) is 14.3. The molecule has 0 spiro atoms. The molecule has 0 radical (unpaired) electrons. The summed E-state index contributed by atoms with van der Waals surface area (Å²) in [4.78, 5) is 13.7. The highest BCUT2D eigenvalue weighted by Gasteiger charge is 2.26. The van der Waals surface area contributed by atoms with Gasteiger partial charge in [0.05, 0.1) is 12.4 Å². The van der Waals surface area contributed by atoms with Crippen LogP contribution in [-0.4, -0.2) is 47.1 Å². The lowest BCUT2D eigenvalue weighted by Crippen LogP contribution is -2.42. The number of benzene rings is 1. The van der Waals surface area contributed by atoms with E-state index in [0.29, 0.717) is 11.6 Å². The summed E-state index contributed by atoms with van der Waals surface area (Å²) in [6.45, 7) is 4.16. The summed E-state index contributed by atoms with van der Waals surface area (Å²) in [5, 5.41) is 0. The van der Waals surface area contributed by atoms with E-state index < -0.39 is 0 Å². The third-order valence-corrected chi connectivity index (χ3v) is 5.06. The van der Waals surface area contributed by atoms with Crippen LogP contribution in [0.2, 0.25) is 0 Å². The molecule has 0 bridgehead atoms. The Balaban J connectivity index is 1.43. The molecular weight excluding hydrogens is 319 g/mol. The highest BCUT2D eigenvalue weighted by atomic mass is 19.1. The Hall–Kier alpha value is -2.21. The zero-order valence-electron chi connectivity index (χ0n) is 14.3. The lowest BCUT2D eigenvalue weighted by Gasteiger charge is -2.36. The van der Waals surface area contributed by atoms with Gasteiger partial charge in [-0.2, -0.15) is 4.98 Å². The summed E-state index contributed by atoms with van der Waals surface area (Å²) < 4.78 is 18.9. The van der Waals surface area contributed by atoms with E-state index in [9.17, 15) is 4.39 Å². The molecule has 0 atom stereocenters. The van der Waals surface area contributed by atoms with E-state index in [1.165, 1.54) is 31.4 Å². The molecule has 5 nitrogen and oxygen atoms in total. The van der Waals surface area contributed by atoms with E-state index in [1.807, 2.05) is 0 Å². The van der Waals surface area contributed by atoms with Gasteiger partial charge in [-0.05, 0) is 31.4 Å². The molecule has 1 aromatic heterocycles. The van der Waals surface area contributed by atoms with Gasteiger partial charge in [-0.25, -0.2) is 4.39 Å². The van der Waals surface area contributed by atoms with Gasteiger partial charge in [-0.1, -0.05) is 12.5 Å². The number of nitrogens with zero attached hydrogens (tertiary/aromatic N) is 4. The molecule has 1 aromatic carbocycles. The summed E-state index contributed by atoms with van der Waals surface area (Å²) in [6.07, 6.45) is 8.53. The molecule has 2 aromatic rings. The normalized spacial score (nSPS) is 19.3. The van der Waals surface area contributed by atoms with E-state index in [-0.39, 0.29) is 5.82 Å². The SMILES string of the molecule is Fc1cccc(Oc2cncc(N3CCCN(C4CCC4)CC3)n2)c1. The van der Waals surface area contributed by atoms with Gasteiger partial charge in [-0.3, -0.25) is 9.88 Å². The standard InChI is InChI=1S/C19H23FN4O/c20-15-4-1-7-17(12-15)25-19-14-21-13-18(22-19)24-9-3-8-23(10-11-24)16-5-2-6-16/h1,4,7,12-14,16H,2-3,5-6,8-11H2. The molecule has 132 valence electrons. The predicted molar refractivity (Wildman–Crippen MR) is 94.5 cm³/mol. The van der Waals surface area contributed by atoms with E-state index in [0.717, 1.165) is 44.5 Å². The Morgan fingerprint density at radius 2 is 1.96 bits per heavy atom. The number of halogens is 1. The second-order valence-corrected chi connectivity index (χ2v) is 6.74. The van der Waals surface area contributed by atoms with Gasteiger partial charge < -0.3 is 9.64 Å². The summed E-state index contributed by atoms with van der Waals surface area (Å²) in [6, 6.07) is 6.84. The highest BCUT2D eigenvalue weighted by Crippen LogP contribution is 2.27. The Bertz CT molecular complexity index is 722. The molecule has 1 saturated heterocycles. The molecule has 2 aliphatic rings. The van der Waals surface area contributed by atoms with Crippen LogP contribution in [0.3, 0.4) is 0 Å². The van der Waals surface area contributed by atoms with Crippen LogP contribution in [0.15, 0.2) is 36.7 Å². The lowest BCUT2D eigenvalue weighted by atomic mass is 9.91. The van der Waals surface area contributed by atoms with Gasteiger partial charge in [0.2, 0.25) is 5.88 Å². The molecule has 6 heteroatoms. The zero-order chi connectivity index (χ0) is 17.1. The van der Waals surface area contributed by atoms with Crippen molar-refractivity contribution in [2.45, 2.75) is 31.7 Å². The summed E-state index contributed by atoms with van der Waals surface area (Å²) in [7, 11) is 0. The minimum absolute atomic E-state index is 0.329. The lowest BCUT2D eigenvalue weighted by molar-refractivity contribution is 0.136. The highest BCUT2D eigenvalue weighted by molar-refractivity contribution is 5.39. The molecule has 2 fully saturated rings. The maximum absolute atomic E-state index is 13.3. The molecule has 0 amide bonds. The average molecular weight is 342 g/mol. The van der Waals surface area contributed by atoms with Crippen LogP contribution in [0.5, 0.6) is 11.6 Å². The number of rotatable bonds is 4. The first-order chi connectivity index (χ1) is 12.3. The van der Waals surface area contributed by atoms with Crippen LogP contribution in [-0.2, 0) is 0 Å². The molecule has 4 rings (SSSR count). The summed E-state index contributed by atoms with van der Waals surface area (Å²) in [5.74, 6) is 1.32. The smallest absolute Gasteiger partial charge is 0.239 e. The third kappa shape index (κ3) is 3.90. The van der Waals surface area contributed by atoms with Crippen LogP contribution >= 0.6 is 0 Å². The fourth-order valence-corrected chi connectivity index (χ4v) is 3.47. The predicted octanol–water partition coefficient (Wildman–Crippen LogP) is 3.47. The van der Waals surface area contributed by atoms with Crippen molar-refractivity contribution in [2.24, 2.45) is 0 Å². The molecule has 2 heterocycles. The van der Waals surface area contributed by atoms with Crippen LogP contribution in [0, 0.1) is 5.82 Å². The second-order valence-electron chi connectivity index (χ2n) is 6.74. The first-order valence-corrected chi connectivity index (χ1v) is 9.02. The van der Waals surface area contributed by atoms with Crippen LogP contribution in [0.25, 0.3) is 0 Å². The Morgan fingerprint density at radius 3 is 2.76 bits per heavy atom. The molecule has 0 unspecified atom stereocenters. The summed E-state index contributed by atoms with van der Waals surface area (Å²) >= 11 is 0. The van der Waals surface area contributed by atoms with Crippen molar-refractivity contribution in [2.75, 3.05) is 31.1 Å². The minimum Gasteiger partial charge on any atom is -0.437 e. The average Bonchev–Trinajstić information content (AvgIpc) is 2.80. The van der Waals surface area contributed by atoms with Crippen LogP contribution in [0.1, 0.15) is 25.7 Å². The van der Waals surface area contributed by atoms with Gasteiger partial charge in [0.15, 0.2) is 5.82 Å². The number of hydrogen-bond donors (Lipinski definition) is 0. The Morgan fingerprint density at radius 1 is 1.04 bits per heavy atom. The van der Waals surface area contributed by atoms with Crippen LogP contribution < -0.4 is 9.64 Å². The van der Waals surface area contributed by atoms with Gasteiger partial charge in [0.25, 0.3) is 0 Å². The van der Waals surface area contributed by atoms with Crippen molar-refractivity contribution < 1.29 is 9.13 Å². The first-order valence-electron chi connectivity index (χ1n) is 9.02. The van der Waals surface area contributed by atoms with Gasteiger partial charge in [0.1, 0.15) is 11.6 Å². The van der Waals surface area contributed by atoms with E-state index in [4.69, 9.17) is 4.74 Å². The maximum atomic E-state index is 13.3. The largest absolute Gasteiger partial charge is 0.437 e. The van der Waals surface area contributed by atoms with Crippen molar-refractivity contribution in [3.63, 3.8) is 0 Å². The van der Waals surface area contributed by atoms with Gasteiger partial charge >= 0.3 is 0 Å². The first kappa shape index (κ1) is 16.3. The van der Waals surface area contributed by atoms with Crippen molar-refractivity contribution in [3.05, 3.63) is 42.5 Å². The second kappa shape index (κ2) is 7.35. The fraction of sp³-hybridized carbons (Fsp3) is 0.474. The van der Waals surface area contributed by atoms with Gasteiger partial charge in [0, 0.05) is 38.3 Å². The molecule has 1 saturated carbocycles. The fourth-order valence-electron chi connectivity index (χ4n) is 3.47. The van der Waals surface area contributed by atoms with Gasteiger partial charge in [-0.15, -0.1) is 0 Å². The Kier molecular flexibility index (Phi) is 4.78. The summed E-state index contributed by atoms with van der Waals surface area (Å²) in [5.41, 5.74) is 0. The molecule has 0 N–H and O–H groups in total. The minimum atomic E-state index is -0.329. The number of hydrogen-bond acceptors (Lipinski definition) is 5. The molecule has 1 aliphatic carbocycles. The number of aromatic nitrogens is 2. The van der Waals surface area contributed by atoms with E-state index in [1.54, 1.807) is 24.5 Å². The van der Waals surface area contributed by atoms with Crippen molar-refractivity contribution >= 4 is 5.82 Å². The van der Waals surface area contributed by atoms with Crippen molar-refractivity contribution in [1.29, 1.82) is 0 Å². The van der Waals surface area contributed by atoms with Crippen molar-refractivity contribution in [1.82, 2.24) is 14.9 Å². The van der Waals surface area contributed by atoms with Crippen molar-refractivity contribution in [3.8, 4) is 11.6 Å². The maximum Gasteiger partial charge on any atom is 0.239 e. The van der Waals surface area contributed by atoms with E-state index in [2.05, 4.69) is 19.8 Å².